The summed E-state index contributed by atoms with van der Waals surface area (Å²) in [6.45, 7) is 1.80. The number of carbonyl (C=O) groups excluding carboxylic acids is 1. The molecule has 120 valence electrons. The second kappa shape index (κ2) is 8.33. The van der Waals surface area contributed by atoms with Crippen molar-refractivity contribution in [3.63, 3.8) is 0 Å². The molecule has 0 aliphatic rings. The minimum absolute atomic E-state index is 0.0975. The van der Waals surface area contributed by atoms with Crippen molar-refractivity contribution in [1.82, 2.24) is 5.43 Å². The van der Waals surface area contributed by atoms with Gasteiger partial charge in [0.15, 0.2) is 0 Å². The van der Waals surface area contributed by atoms with Crippen LogP contribution in [0.3, 0.4) is 0 Å². The molecule has 0 spiro atoms. The number of nitrogens with one attached hydrogen (secondary N) is 1. The molecule has 0 aliphatic heterocycles. The summed E-state index contributed by atoms with van der Waals surface area (Å²) in [6, 6.07) is 13.7. The van der Waals surface area contributed by atoms with Crippen molar-refractivity contribution in [3.05, 3.63) is 59.9 Å². The van der Waals surface area contributed by atoms with Gasteiger partial charge in [0.2, 0.25) is 5.91 Å². The van der Waals surface area contributed by atoms with Crippen molar-refractivity contribution >= 4 is 23.4 Å². The van der Waals surface area contributed by atoms with E-state index in [0.717, 1.165) is 23.1 Å². The Balaban J connectivity index is 1.88. The van der Waals surface area contributed by atoms with E-state index in [9.17, 15) is 9.18 Å². The van der Waals surface area contributed by atoms with Crippen molar-refractivity contribution in [1.29, 1.82) is 0 Å². The van der Waals surface area contributed by atoms with Gasteiger partial charge in [-0.3, -0.25) is 4.79 Å². The van der Waals surface area contributed by atoms with Crippen LogP contribution in [0.15, 0.2) is 58.5 Å². The predicted molar refractivity (Wildman–Crippen MR) is 90.5 cm³/mol. The molecule has 0 aliphatic carbocycles. The van der Waals surface area contributed by atoms with Gasteiger partial charge in [0, 0.05) is 4.90 Å². The Bertz CT molecular complexity index is 702. The normalized spacial score (nSPS) is 11.2. The van der Waals surface area contributed by atoms with Gasteiger partial charge in [-0.1, -0.05) is 12.1 Å². The summed E-state index contributed by atoms with van der Waals surface area (Å²) in [5, 5.41) is 4.05. The molecule has 2 aromatic rings. The number of hydrazone groups is 1. The molecule has 1 amide bonds. The van der Waals surface area contributed by atoms with Crippen molar-refractivity contribution in [3.8, 4) is 5.75 Å². The highest BCUT2D eigenvalue weighted by atomic mass is 32.2. The number of hydrogen-bond donors (Lipinski definition) is 1. The smallest absolute Gasteiger partial charge is 0.250 e. The highest BCUT2D eigenvalue weighted by Crippen LogP contribution is 2.20. The zero-order chi connectivity index (χ0) is 16.7. The Labute approximate surface area is 138 Å². The summed E-state index contributed by atoms with van der Waals surface area (Å²) in [5.74, 6) is 0.238. The lowest BCUT2D eigenvalue weighted by molar-refractivity contribution is -0.118. The lowest BCUT2D eigenvalue weighted by atomic mass is 10.1. The SMILES string of the molecule is COc1ccc(/C(C)=N\NC(=O)CSc2ccccc2F)cc1. The van der Waals surface area contributed by atoms with E-state index in [0.29, 0.717) is 10.6 Å². The Hall–Kier alpha value is -2.34. The highest BCUT2D eigenvalue weighted by Gasteiger charge is 2.06. The first-order valence-corrected chi connectivity index (χ1v) is 7.93. The maximum atomic E-state index is 13.4. The summed E-state index contributed by atoms with van der Waals surface area (Å²) < 4.78 is 18.5. The number of benzene rings is 2. The summed E-state index contributed by atoms with van der Waals surface area (Å²) in [7, 11) is 1.60. The van der Waals surface area contributed by atoms with E-state index in [-0.39, 0.29) is 17.5 Å². The zero-order valence-corrected chi connectivity index (χ0v) is 13.7. The third-order valence-electron chi connectivity index (χ3n) is 3.05. The van der Waals surface area contributed by atoms with Crippen molar-refractivity contribution < 1.29 is 13.9 Å². The molecular weight excluding hydrogens is 315 g/mol. The van der Waals surface area contributed by atoms with Crippen molar-refractivity contribution in [2.24, 2.45) is 5.10 Å². The van der Waals surface area contributed by atoms with Gasteiger partial charge in [-0.25, -0.2) is 9.82 Å². The molecule has 0 fully saturated rings. The molecule has 1 N–H and O–H groups in total. The van der Waals surface area contributed by atoms with E-state index in [1.54, 1.807) is 32.2 Å². The molecular formula is C17H17FN2O2S. The summed E-state index contributed by atoms with van der Waals surface area (Å²) >= 11 is 1.13. The Morgan fingerprint density at radius 3 is 2.57 bits per heavy atom. The van der Waals surface area contributed by atoms with Crippen LogP contribution in [-0.4, -0.2) is 24.5 Å². The van der Waals surface area contributed by atoms with E-state index in [2.05, 4.69) is 10.5 Å². The van der Waals surface area contributed by atoms with E-state index in [1.807, 2.05) is 24.3 Å². The van der Waals surface area contributed by atoms with Crippen LogP contribution < -0.4 is 10.2 Å². The highest BCUT2D eigenvalue weighted by molar-refractivity contribution is 8.00. The number of hydrogen-bond acceptors (Lipinski definition) is 4. The zero-order valence-electron chi connectivity index (χ0n) is 12.9. The van der Waals surface area contributed by atoms with Crippen molar-refractivity contribution in [2.45, 2.75) is 11.8 Å². The molecule has 6 heteroatoms. The van der Waals surface area contributed by atoms with Crippen LogP contribution in [-0.2, 0) is 4.79 Å². The lowest BCUT2D eigenvalue weighted by Crippen LogP contribution is -2.21. The number of amides is 1. The third-order valence-corrected chi connectivity index (χ3v) is 4.10. The minimum Gasteiger partial charge on any atom is -0.497 e. The molecule has 0 aromatic heterocycles. The maximum Gasteiger partial charge on any atom is 0.250 e. The van der Waals surface area contributed by atoms with Crippen LogP contribution in [0.1, 0.15) is 12.5 Å². The molecule has 0 radical (unpaired) electrons. The average Bonchev–Trinajstić information content (AvgIpc) is 2.59. The maximum absolute atomic E-state index is 13.4. The number of ether oxygens (including phenoxy) is 1. The van der Waals surface area contributed by atoms with Gasteiger partial charge >= 0.3 is 0 Å². The number of nitrogens with zero attached hydrogens (tertiary/aromatic N) is 1. The van der Waals surface area contributed by atoms with Crippen LogP contribution in [0, 0.1) is 5.82 Å². The van der Waals surface area contributed by atoms with Gasteiger partial charge in [0.05, 0.1) is 18.6 Å². The van der Waals surface area contributed by atoms with E-state index < -0.39 is 0 Å². The Morgan fingerprint density at radius 1 is 1.22 bits per heavy atom. The van der Waals surface area contributed by atoms with Gasteiger partial charge in [0.25, 0.3) is 0 Å². The molecule has 0 saturated carbocycles. The van der Waals surface area contributed by atoms with Gasteiger partial charge < -0.3 is 4.74 Å². The van der Waals surface area contributed by atoms with Crippen molar-refractivity contribution in [2.75, 3.05) is 12.9 Å². The number of thioether (sulfide) groups is 1. The minimum atomic E-state index is -0.330. The molecule has 0 atom stereocenters. The van der Waals surface area contributed by atoms with E-state index in [4.69, 9.17) is 4.74 Å². The van der Waals surface area contributed by atoms with E-state index >= 15 is 0 Å². The summed E-state index contributed by atoms with van der Waals surface area (Å²) in [4.78, 5) is 12.2. The molecule has 0 unspecified atom stereocenters. The van der Waals surface area contributed by atoms with Crippen LogP contribution in [0.25, 0.3) is 0 Å². The molecule has 4 nitrogen and oxygen atoms in total. The van der Waals surface area contributed by atoms with Crippen LogP contribution >= 0.6 is 11.8 Å². The average molecular weight is 332 g/mol. The van der Waals surface area contributed by atoms with Crippen LogP contribution in [0.4, 0.5) is 4.39 Å². The first-order chi connectivity index (χ1) is 11.1. The fourth-order valence-corrected chi connectivity index (χ4v) is 2.51. The molecule has 0 bridgehead atoms. The van der Waals surface area contributed by atoms with Gasteiger partial charge in [-0.15, -0.1) is 11.8 Å². The third kappa shape index (κ3) is 5.10. The molecule has 2 aromatic carbocycles. The predicted octanol–water partition coefficient (Wildman–Crippen LogP) is 3.47. The first kappa shape index (κ1) is 17.0. The number of methoxy groups -OCH3 is 1. The monoisotopic (exact) mass is 332 g/mol. The number of halogens is 1. The standard InChI is InChI=1S/C17H17FN2O2S/c1-12(13-7-9-14(22-2)10-8-13)19-20-17(21)11-23-16-6-4-3-5-15(16)18/h3-10H,11H2,1-2H3,(H,20,21)/b19-12-. The largest absolute Gasteiger partial charge is 0.497 e. The molecule has 2 rings (SSSR count). The Kier molecular flexibility index (Phi) is 6.17. The topological polar surface area (TPSA) is 50.7 Å². The van der Waals surface area contributed by atoms with E-state index in [1.165, 1.54) is 6.07 Å². The Morgan fingerprint density at radius 2 is 1.91 bits per heavy atom. The van der Waals surface area contributed by atoms with Crippen LogP contribution in [0.2, 0.25) is 0 Å². The molecule has 23 heavy (non-hydrogen) atoms. The van der Waals surface area contributed by atoms with Gasteiger partial charge in [-0.05, 0) is 48.9 Å². The molecule has 0 heterocycles. The van der Waals surface area contributed by atoms with Gasteiger partial charge in [0.1, 0.15) is 11.6 Å². The van der Waals surface area contributed by atoms with Crippen LogP contribution in [0.5, 0.6) is 5.75 Å². The quantitative estimate of drug-likeness (QED) is 0.501. The fourth-order valence-electron chi connectivity index (χ4n) is 1.78. The molecule has 0 saturated heterocycles. The number of rotatable bonds is 6. The fraction of sp³-hybridized carbons (Fsp3) is 0.176. The summed E-state index contributed by atoms with van der Waals surface area (Å²) in [6.07, 6.45) is 0. The second-order valence-corrected chi connectivity index (χ2v) is 5.70. The second-order valence-electron chi connectivity index (χ2n) is 4.68. The summed E-state index contributed by atoms with van der Waals surface area (Å²) in [5.41, 5.74) is 4.03. The lowest BCUT2D eigenvalue weighted by Gasteiger charge is -2.05. The van der Waals surface area contributed by atoms with Gasteiger partial charge in [-0.2, -0.15) is 5.10 Å². The first-order valence-electron chi connectivity index (χ1n) is 6.95. The number of carbonyl (C=O) groups is 1.